The molecule has 1 amide bonds. The van der Waals surface area contributed by atoms with E-state index in [0.717, 1.165) is 5.56 Å². The predicted molar refractivity (Wildman–Crippen MR) is 116 cm³/mol. The van der Waals surface area contributed by atoms with Crippen LogP contribution < -0.4 is 4.74 Å². The van der Waals surface area contributed by atoms with Crippen LogP contribution in [0.15, 0.2) is 84.7 Å². The largest absolute Gasteiger partial charge is 0.507 e. The van der Waals surface area contributed by atoms with E-state index in [-0.39, 0.29) is 11.3 Å². The number of hydrogen-bond donors (Lipinski definition) is 1. The molecule has 1 fully saturated rings. The first kappa shape index (κ1) is 20.3. The number of hydrogen-bond acceptors (Lipinski definition) is 5. The maximum absolute atomic E-state index is 13.0. The van der Waals surface area contributed by atoms with E-state index in [1.54, 1.807) is 48.8 Å². The standard InChI is InChI=1S/C25H22N2O4/c1-31-20-11-5-9-18(15-20)23(28)21-22(19-10-6-13-26-16-19)27(25(30)24(21)29)14-12-17-7-3-2-4-8-17/h2-11,13,15-16,22,28H,12,14H2,1H3. The number of aliphatic hydroxyl groups excluding tert-OH is 1. The Hall–Kier alpha value is -3.93. The number of carbonyl (C=O) groups excluding carboxylic acids is 2. The van der Waals surface area contributed by atoms with Gasteiger partial charge in [-0.15, -0.1) is 0 Å². The van der Waals surface area contributed by atoms with Crippen molar-refractivity contribution in [2.75, 3.05) is 13.7 Å². The quantitative estimate of drug-likeness (QED) is 0.377. The lowest BCUT2D eigenvalue weighted by molar-refractivity contribution is -0.139. The van der Waals surface area contributed by atoms with E-state index in [1.165, 1.54) is 12.0 Å². The third-order valence-electron chi connectivity index (χ3n) is 5.37. The van der Waals surface area contributed by atoms with E-state index >= 15 is 0 Å². The number of ketones is 1. The third-order valence-corrected chi connectivity index (χ3v) is 5.37. The molecule has 0 saturated carbocycles. The molecule has 1 aliphatic rings. The Kier molecular flexibility index (Phi) is 5.80. The van der Waals surface area contributed by atoms with Crippen molar-refractivity contribution in [3.05, 3.63) is 101 Å². The summed E-state index contributed by atoms with van der Waals surface area (Å²) in [6, 6.07) is 19.4. The van der Waals surface area contributed by atoms with Gasteiger partial charge in [0.15, 0.2) is 0 Å². The number of ether oxygens (including phenoxy) is 1. The van der Waals surface area contributed by atoms with Gasteiger partial charge in [0.2, 0.25) is 0 Å². The molecule has 1 atom stereocenters. The Bertz CT molecular complexity index is 1130. The summed E-state index contributed by atoms with van der Waals surface area (Å²) >= 11 is 0. The second kappa shape index (κ2) is 8.83. The highest BCUT2D eigenvalue weighted by atomic mass is 16.5. The summed E-state index contributed by atoms with van der Waals surface area (Å²) in [5.41, 5.74) is 2.19. The van der Waals surface area contributed by atoms with Crippen molar-refractivity contribution in [2.24, 2.45) is 0 Å². The molecule has 0 radical (unpaired) electrons. The Morgan fingerprint density at radius 1 is 1.06 bits per heavy atom. The van der Waals surface area contributed by atoms with Gasteiger partial charge >= 0.3 is 0 Å². The van der Waals surface area contributed by atoms with E-state index in [1.807, 2.05) is 30.3 Å². The van der Waals surface area contributed by atoms with Crippen molar-refractivity contribution in [1.29, 1.82) is 0 Å². The van der Waals surface area contributed by atoms with Crippen LogP contribution in [-0.2, 0) is 16.0 Å². The molecule has 2 aromatic carbocycles. The molecule has 1 aromatic heterocycles. The molecule has 1 N–H and O–H groups in total. The molecule has 31 heavy (non-hydrogen) atoms. The van der Waals surface area contributed by atoms with Crippen molar-refractivity contribution in [3.63, 3.8) is 0 Å². The zero-order chi connectivity index (χ0) is 21.8. The molecule has 6 nitrogen and oxygen atoms in total. The van der Waals surface area contributed by atoms with Gasteiger partial charge in [-0.3, -0.25) is 14.6 Å². The molecule has 0 bridgehead atoms. The Labute approximate surface area is 180 Å². The maximum atomic E-state index is 13.0. The fourth-order valence-corrected chi connectivity index (χ4v) is 3.82. The highest BCUT2D eigenvalue weighted by Crippen LogP contribution is 2.39. The summed E-state index contributed by atoms with van der Waals surface area (Å²) < 4.78 is 5.23. The lowest BCUT2D eigenvalue weighted by Gasteiger charge is -2.25. The van der Waals surface area contributed by atoms with Gasteiger partial charge in [0.25, 0.3) is 11.7 Å². The van der Waals surface area contributed by atoms with Crippen molar-refractivity contribution in [3.8, 4) is 5.75 Å². The smallest absolute Gasteiger partial charge is 0.295 e. The van der Waals surface area contributed by atoms with Crippen LogP contribution in [0.25, 0.3) is 5.76 Å². The molecule has 1 unspecified atom stereocenters. The summed E-state index contributed by atoms with van der Waals surface area (Å²) in [6.07, 6.45) is 3.83. The predicted octanol–water partition coefficient (Wildman–Crippen LogP) is 3.75. The van der Waals surface area contributed by atoms with Crippen LogP contribution in [0.4, 0.5) is 0 Å². The molecule has 0 spiro atoms. The molecule has 1 aliphatic heterocycles. The van der Waals surface area contributed by atoms with Gasteiger partial charge in [-0.25, -0.2) is 0 Å². The number of pyridine rings is 1. The summed E-state index contributed by atoms with van der Waals surface area (Å²) in [6.45, 7) is 0.336. The number of aliphatic hydroxyl groups is 1. The first-order valence-electron chi connectivity index (χ1n) is 9.97. The zero-order valence-electron chi connectivity index (χ0n) is 17.1. The number of nitrogens with zero attached hydrogens (tertiary/aromatic N) is 2. The van der Waals surface area contributed by atoms with Crippen molar-refractivity contribution < 1.29 is 19.4 Å². The van der Waals surface area contributed by atoms with Gasteiger partial charge in [0, 0.05) is 24.5 Å². The monoisotopic (exact) mass is 414 g/mol. The first-order valence-corrected chi connectivity index (χ1v) is 9.97. The molecular formula is C25H22N2O4. The summed E-state index contributed by atoms with van der Waals surface area (Å²) in [5, 5.41) is 11.1. The molecule has 2 heterocycles. The topological polar surface area (TPSA) is 79.7 Å². The number of Topliss-reactive ketones (excluding diaryl/α,β-unsaturated/α-hetero) is 1. The minimum atomic E-state index is -0.719. The zero-order valence-corrected chi connectivity index (χ0v) is 17.1. The molecule has 4 rings (SSSR count). The van der Waals surface area contributed by atoms with Gasteiger partial charge in [0.1, 0.15) is 11.5 Å². The second-order valence-electron chi connectivity index (χ2n) is 7.25. The van der Waals surface area contributed by atoms with E-state index in [2.05, 4.69) is 4.98 Å². The summed E-state index contributed by atoms with van der Waals surface area (Å²) in [7, 11) is 1.53. The van der Waals surface area contributed by atoms with Crippen LogP contribution in [-0.4, -0.2) is 40.3 Å². The average molecular weight is 414 g/mol. The first-order chi connectivity index (χ1) is 15.1. The molecule has 6 heteroatoms. The van der Waals surface area contributed by atoms with Crippen LogP contribution in [0, 0.1) is 0 Å². The van der Waals surface area contributed by atoms with Crippen LogP contribution in [0.5, 0.6) is 5.75 Å². The number of aromatic nitrogens is 1. The fraction of sp³-hybridized carbons (Fsp3) is 0.160. The molecular weight excluding hydrogens is 392 g/mol. The normalized spacial score (nSPS) is 17.7. The van der Waals surface area contributed by atoms with Crippen LogP contribution >= 0.6 is 0 Å². The maximum Gasteiger partial charge on any atom is 0.295 e. The Morgan fingerprint density at radius 2 is 1.87 bits per heavy atom. The van der Waals surface area contributed by atoms with Gasteiger partial charge in [-0.05, 0) is 35.7 Å². The van der Waals surface area contributed by atoms with E-state index in [4.69, 9.17) is 4.74 Å². The number of carbonyl (C=O) groups is 2. The molecule has 1 saturated heterocycles. The summed E-state index contributed by atoms with van der Waals surface area (Å²) in [5.74, 6) is -1.02. The van der Waals surface area contributed by atoms with Gasteiger partial charge in [-0.1, -0.05) is 48.5 Å². The fourth-order valence-electron chi connectivity index (χ4n) is 3.82. The van der Waals surface area contributed by atoms with E-state index in [9.17, 15) is 14.7 Å². The molecule has 0 aliphatic carbocycles. The van der Waals surface area contributed by atoms with Crippen LogP contribution in [0.3, 0.4) is 0 Å². The minimum absolute atomic E-state index is 0.0549. The van der Waals surface area contributed by atoms with Gasteiger partial charge in [0.05, 0.1) is 18.7 Å². The minimum Gasteiger partial charge on any atom is -0.507 e. The van der Waals surface area contributed by atoms with E-state index < -0.39 is 17.7 Å². The molecule has 3 aromatic rings. The van der Waals surface area contributed by atoms with Crippen molar-refractivity contribution in [1.82, 2.24) is 9.88 Å². The van der Waals surface area contributed by atoms with Crippen LogP contribution in [0.2, 0.25) is 0 Å². The lowest BCUT2D eigenvalue weighted by Crippen LogP contribution is -2.31. The third kappa shape index (κ3) is 4.05. The number of benzene rings is 2. The molecule has 156 valence electrons. The van der Waals surface area contributed by atoms with Crippen molar-refractivity contribution >= 4 is 17.4 Å². The van der Waals surface area contributed by atoms with Crippen molar-refractivity contribution in [2.45, 2.75) is 12.5 Å². The van der Waals surface area contributed by atoms with Gasteiger partial charge in [-0.2, -0.15) is 0 Å². The van der Waals surface area contributed by atoms with Gasteiger partial charge < -0.3 is 14.7 Å². The number of rotatable bonds is 6. The average Bonchev–Trinajstić information content (AvgIpc) is 3.08. The summed E-state index contributed by atoms with van der Waals surface area (Å²) in [4.78, 5) is 31.6. The second-order valence-corrected chi connectivity index (χ2v) is 7.25. The number of methoxy groups -OCH3 is 1. The lowest BCUT2D eigenvalue weighted by atomic mass is 9.96. The Morgan fingerprint density at radius 3 is 2.58 bits per heavy atom. The number of amides is 1. The number of likely N-dealkylation sites (tertiary alicyclic amines) is 1. The van der Waals surface area contributed by atoms with Crippen LogP contribution in [0.1, 0.15) is 22.7 Å². The SMILES string of the molecule is COc1cccc(C(O)=C2C(=O)C(=O)N(CCc3ccccc3)C2c2cccnc2)c1. The highest BCUT2D eigenvalue weighted by Gasteiger charge is 2.45. The highest BCUT2D eigenvalue weighted by molar-refractivity contribution is 6.46. The van der Waals surface area contributed by atoms with E-state index in [0.29, 0.717) is 29.8 Å². The Balaban J connectivity index is 1.78.